The molecular weight excluding hydrogens is 230 g/mol. The van der Waals surface area contributed by atoms with Crippen molar-refractivity contribution in [3.63, 3.8) is 0 Å². The van der Waals surface area contributed by atoms with Gasteiger partial charge in [-0.05, 0) is 20.4 Å². The van der Waals surface area contributed by atoms with Gasteiger partial charge in [0.1, 0.15) is 5.01 Å². The Labute approximate surface area is 109 Å². The van der Waals surface area contributed by atoms with E-state index in [-0.39, 0.29) is 0 Å². The van der Waals surface area contributed by atoms with Gasteiger partial charge in [-0.15, -0.1) is 17.9 Å². The van der Waals surface area contributed by atoms with Crippen molar-refractivity contribution in [3.8, 4) is 0 Å². The van der Waals surface area contributed by atoms with Crippen molar-refractivity contribution in [2.45, 2.75) is 39.9 Å². The average Bonchev–Trinajstić information content (AvgIpc) is 2.73. The Morgan fingerprint density at radius 2 is 2.35 bits per heavy atom. The van der Waals surface area contributed by atoms with Crippen LogP contribution in [0.3, 0.4) is 0 Å². The van der Waals surface area contributed by atoms with Crippen LogP contribution in [0.4, 0.5) is 0 Å². The molecule has 0 fully saturated rings. The smallest absolute Gasteiger partial charge is 0.107 e. The molecule has 1 N–H and O–H groups in total. The van der Waals surface area contributed by atoms with Gasteiger partial charge < -0.3 is 5.32 Å². The zero-order valence-electron chi connectivity index (χ0n) is 11.1. The first-order valence-electron chi connectivity index (χ1n) is 6.16. The fraction of sp³-hybridized carbons (Fsp3) is 0.615. The Balaban J connectivity index is 2.54. The van der Waals surface area contributed by atoms with E-state index in [1.165, 1.54) is 10.7 Å². The summed E-state index contributed by atoms with van der Waals surface area (Å²) in [5, 5.41) is 6.63. The molecule has 0 aliphatic rings. The predicted molar refractivity (Wildman–Crippen MR) is 75.2 cm³/mol. The highest BCUT2D eigenvalue weighted by molar-refractivity contribution is 7.09. The lowest BCUT2D eigenvalue weighted by atomic mass is 10.3. The van der Waals surface area contributed by atoms with Crippen molar-refractivity contribution in [2.75, 3.05) is 13.1 Å². The number of nitrogens with zero attached hydrogens (tertiary/aromatic N) is 2. The summed E-state index contributed by atoms with van der Waals surface area (Å²) in [5.74, 6) is 0. The molecule has 0 saturated carbocycles. The highest BCUT2D eigenvalue weighted by atomic mass is 32.1. The van der Waals surface area contributed by atoms with Crippen molar-refractivity contribution in [1.82, 2.24) is 15.2 Å². The Kier molecular flexibility index (Phi) is 6.40. The summed E-state index contributed by atoms with van der Waals surface area (Å²) in [6.07, 6.45) is 1.95. The minimum absolute atomic E-state index is 0.520. The lowest BCUT2D eigenvalue weighted by Gasteiger charge is -2.23. The molecule has 0 aromatic carbocycles. The van der Waals surface area contributed by atoms with Crippen molar-refractivity contribution >= 4 is 11.3 Å². The van der Waals surface area contributed by atoms with E-state index in [0.717, 1.165) is 26.2 Å². The second kappa shape index (κ2) is 7.58. The van der Waals surface area contributed by atoms with Gasteiger partial charge in [0.05, 0.1) is 5.69 Å². The predicted octanol–water partition coefficient (Wildman–Crippen LogP) is 2.65. The summed E-state index contributed by atoms with van der Waals surface area (Å²) >= 11 is 1.74. The summed E-state index contributed by atoms with van der Waals surface area (Å²) in [6, 6.07) is 0.520. The zero-order valence-corrected chi connectivity index (χ0v) is 11.9. The minimum Gasteiger partial charge on any atom is -0.311 e. The van der Waals surface area contributed by atoms with Crippen LogP contribution < -0.4 is 5.32 Å². The molecule has 0 atom stereocenters. The van der Waals surface area contributed by atoms with E-state index in [4.69, 9.17) is 0 Å². The Morgan fingerprint density at radius 3 is 2.94 bits per heavy atom. The lowest BCUT2D eigenvalue weighted by molar-refractivity contribution is 0.235. The van der Waals surface area contributed by atoms with E-state index in [0.29, 0.717) is 6.04 Å². The molecule has 3 nitrogen and oxygen atoms in total. The van der Waals surface area contributed by atoms with Crippen LogP contribution in [-0.4, -0.2) is 29.0 Å². The molecule has 1 rings (SSSR count). The van der Waals surface area contributed by atoms with Gasteiger partial charge in [-0.3, -0.25) is 4.90 Å². The first-order chi connectivity index (χ1) is 8.17. The SMILES string of the molecule is C=CCN(Cc1csc(CNCC)n1)C(C)C. The number of thiazole rings is 1. The summed E-state index contributed by atoms with van der Waals surface area (Å²) in [5.41, 5.74) is 1.17. The maximum Gasteiger partial charge on any atom is 0.107 e. The highest BCUT2D eigenvalue weighted by Gasteiger charge is 2.10. The lowest BCUT2D eigenvalue weighted by Crippen LogP contribution is -2.30. The molecule has 0 radical (unpaired) electrons. The second-order valence-electron chi connectivity index (χ2n) is 4.32. The molecular formula is C13H23N3S. The molecule has 0 aliphatic carbocycles. The van der Waals surface area contributed by atoms with Crippen molar-refractivity contribution < 1.29 is 0 Å². The van der Waals surface area contributed by atoms with E-state index >= 15 is 0 Å². The van der Waals surface area contributed by atoms with E-state index < -0.39 is 0 Å². The van der Waals surface area contributed by atoms with Gasteiger partial charge >= 0.3 is 0 Å². The first-order valence-corrected chi connectivity index (χ1v) is 7.04. The number of hydrogen-bond acceptors (Lipinski definition) is 4. The maximum atomic E-state index is 4.63. The maximum absolute atomic E-state index is 4.63. The van der Waals surface area contributed by atoms with Crippen LogP contribution in [0.5, 0.6) is 0 Å². The van der Waals surface area contributed by atoms with Crippen LogP contribution in [0.2, 0.25) is 0 Å². The monoisotopic (exact) mass is 253 g/mol. The molecule has 0 aliphatic heterocycles. The topological polar surface area (TPSA) is 28.2 Å². The first kappa shape index (κ1) is 14.4. The van der Waals surface area contributed by atoms with Crippen molar-refractivity contribution in [2.24, 2.45) is 0 Å². The number of rotatable bonds is 8. The quantitative estimate of drug-likeness (QED) is 0.722. The van der Waals surface area contributed by atoms with Crippen LogP contribution in [0.25, 0.3) is 0 Å². The fourth-order valence-corrected chi connectivity index (χ4v) is 2.32. The van der Waals surface area contributed by atoms with Gasteiger partial charge in [-0.2, -0.15) is 0 Å². The largest absolute Gasteiger partial charge is 0.311 e. The van der Waals surface area contributed by atoms with E-state index in [1.807, 2.05) is 6.08 Å². The Morgan fingerprint density at radius 1 is 1.59 bits per heavy atom. The molecule has 1 aromatic heterocycles. The van der Waals surface area contributed by atoms with Gasteiger partial charge in [0.15, 0.2) is 0 Å². The summed E-state index contributed by atoms with van der Waals surface area (Å²) in [6.45, 7) is 14.0. The van der Waals surface area contributed by atoms with Crippen LogP contribution in [0.15, 0.2) is 18.0 Å². The minimum atomic E-state index is 0.520. The normalized spacial score (nSPS) is 11.4. The fourth-order valence-electron chi connectivity index (χ4n) is 1.57. The molecule has 0 bridgehead atoms. The zero-order chi connectivity index (χ0) is 12.7. The van der Waals surface area contributed by atoms with Crippen LogP contribution in [0.1, 0.15) is 31.5 Å². The molecule has 0 unspecified atom stereocenters. The third-order valence-electron chi connectivity index (χ3n) is 2.58. The molecule has 17 heavy (non-hydrogen) atoms. The molecule has 4 heteroatoms. The summed E-state index contributed by atoms with van der Waals surface area (Å²) in [7, 11) is 0. The summed E-state index contributed by atoms with van der Waals surface area (Å²) < 4.78 is 0. The van der Waals surface area contributed by atoms with E-state index in [1.54, 1.807) is 11.3 Å². The molecule has 1 aromatic rings. The number of aromatic nitrogens is 1. The molecule has 96 valence electrons. The average molecular weight is 253 g/mol. The van der Waals surface area contributed by atoms with Crippen LogP contribution in [0, 0.1) is 0 Å². The molecule has 0 amide bonds. The third kappa shape index (κ3) is 4.98. The second-order valence-corrected chi connectivity index (χ2v) is 5.27. The Bertz CT molecular complexity index is 333. The van der Waals surface area contributed by atoms with E-state index in [9.17, 15) is 0 Å². The van der Waals surface area contributed by atoms with Gasteiger partial charge in [0.2, 0.25) is 0 Å². The van der Waals surface area contributed by atoms with Gasteiger partial charge in [-0.1, -0.05) is 13.0 Å². The van der Waals surface area contributed by atoms with Crippen molar-refractivity contribution in [1.29, 1.82) is 0 Å². The summed E-state index contributed by atoms with van der Waals surface area (Å²) in [4.78, 5) is 6.99. The number of hydrogen-bond donors (Lipinski definition) is 1. The van der Waals surface area contributed by atoms with E-state index in [2.05, 4.69) is 47.9 Å². The Hall–Kier alpha value is -0.710. The van der Waals surface area contributed by atoms with Gasteiger partial charge in [0.25, 0.3) is 0 Å². The number of nitrogens with one attached hydrogen (secondary N) is 1. The van der Waals surface area contributed by atoms with Crippen LogP contribution in [-0.2, 0) is 13.1 Å². The van der Waals surface area contributed by atoms with Gasteiger partial charge in [-0.25, -0.2) is 4.98 Å². The molecule has 0 spiro atoms. The molecule has 1 heterocycles. The van der Waals surface area contributed by atoms with Crippen molar-refractivity contribution in [3.05, 3.63) is 28.7 Å². The molecule has 0 saturated heterocycles. The van der Waals surface area contributed by atoms with Crippen LogP contribution >= 0.6 is 11.3 Å². The highest BCUT2D eigenvalue weighted by Crippen LogP contribution is 2.13. The standard InChI is InChI=1S/C13H23N3S/c1-5-7-16(11(3)4)9-12-10-17-13(15-12)8-14-6-2/h5,10-11,14H,1,6-9H2,2-4H3. The third-order valence-corrected chi connectivity index (χ3v) is 3.48. The van der Waals surface area contributed by atoms with Gasteiger partial charge in [0, 0.05) is 31.1 Å².